The highest BCUT2D eigenvalue weighted by molar-refractivity contribution is 7.90. The lowest BCUT2D eigenvalue weighted by molar-refractivity contribution is -0.890. The van der Waals surface area contributed by atoms with E-state index < -0.39 is 90.1 Å². The van der Waals surface area contributed by atoms with Crippen LogP contribution in [0.4, 0.5) is 39.5 Å². The van der Waals surface area contributed by atoms with Gasteiger partial charge in [0.25, 0.3) is 20.1 Å². The third-order valence-corrected chi connectivity index (χ3v) is 10.4. The molecule has 0 rings (SSSR count). The van der Waals surface area contributed by atoms with Crippen LogP contribution in [0, 0.1) is 17.3 Å². The van der Waals surface area contributed by atoms with Gasteiger partial charge in [-0.1, -0.05) is 27.7 Å². The molecule has 0 heterocycles. The Kier molecular flexibility index (Phi) is 15.8. The van der Waals surface area contributed by atoms with Crippen molar-refractivity contribution in [2.45, 2.75) is 76.7 Å². The summed E-state index contributed by atoms with van der Waals surface area (Å²) >= 11 is 0. The van der Waals surface area contributed by atoms with E-state index in [1.807, 2.05) is 14.1 Å². The van der Waals surface area contributed by atoms with Gasteiger partial charge in [-0.05, 0) is 31.1 Å². The monoisotopic (exact) mass is 763 g/mol. The molecule has 48 heavy (non-hydrogen) atoms. The average molecular weight is 764 g/mol. The van der Waals surface area contributed by atoms with Gasteiger partial charge in [-0.2, -0.15) is 52.2 Å². The Morgan fingerprint density at radius 3 is 1.79 bits per heavy atom. The molecule has 22 heteroatoms. The number of rotatable bonds is 21. The number of ether oxygens (including phenoxy) is 2. The Labute approximate surface area is 274 Å². The predicted octanol–water partition coefficient (Wildman–Crippen LogP) is 4.58. The van der Waals surface area contributed by atoms with E-state index in [2.05, 4.69) is 0 Å². The van der Waals surface area contributed by atoms with Crippen molar-refractivity contribution in [2.75, 3.05) is 59.7 Å². The first-order chi connectivity index (χ1) is 21.2. The molecule has 0 bridgehead atoms. The fraction of sp³-hybridized carbons (Fsp3) is 0.923. The molecule has 0 aliphatic heterocycles. The standard InChI is InChI=1S/C26H43F9N2O9S2/c1-8-19(21(39)46-15-13-37(6,7)12-9-10-16-47(40,41)42)22(3,4)17-18(2)20(38)45-14-11-36(5)48(43,44)26(34,35)24(29,30)23(27,28)25(31,32)33/h18-19H,8-17H2,1-7H3/p+1. The van der Waals surface area contributed by atoms with Gasteiger partial charge in [0, 0.05) is 13.6 Å². The Bertz CT molecular complexity index is 1310. The molecule has 0 saturated heterocycles. The van der Waals surface area contributed by atoms with Gasteiger partial charge in [-0.25, -0.2) is 8.42 Å². The molecule has 11 nitrogen and oxygen atoms in total. The molecular formula is C26H44F9N2O9S2+. The maximum absolute atomic E-state index is 14.0. The highest BCUT2D eigenvalue weighted by Gasteiger charge is 2.85. The number of hydrogen-bond acceptors (Lipinski definition) is 8. The second-order valence-corrected chi connectivity index (χ2v) is 16.4. The van der Waals surface area contributed by atoms with Gasteiger partial charge < -0.3 is 14.0 Å². The van der Waals surface area contributed by atoms with Crippen molar-refractivity contribution in [3.8, 4) is 0 Å². The summed E-state index contributed by atoms with van der Waals surface area (Å²) < 4.78 is 183. The van der Waals surface area contributed by atoms with Crippen LogP contribution in [-0.4, -0.2) is 125 Å². The molecule has 0 fully saturated rings. The fourth-order valence-electron chi connectivity index (χ4n) is 4.74. The van der Waals surface area contributed by atoms with Gasteiger partial charge in [0.05, 0.1) is 38.2 Å². The second kappa shape index (κ2) is 16.4. The molecule has 0 spiro atoms. The number of quaternary nitrogens is 1. The Morgan fingerprint density at radius 1 is 0.833 bits per heavy atom. The zero-order valence-electron chi connectivity index (χ0n) is 27.6. The molecule has 0 aliphatic rings. The van der Waals surface area contributed by atoms with Crippen LogP contribution < -0.4 is 0 Å². The number of alkyl halides is 9. The number of nitrogens with zero attached hydrogens (tertiary/aromatic N) is 2. The number of esters is 2. The summed E-state index contributed by atoms with van der Waals surface area (Å²) in [4.78, 5) is 25.4. The van der Waals surface area contributed by atoms with E-state index in [0.29, 0.717) is 24.0 Å². The molecule has 0 aromatic rings. The number of likely N-dealkylation sites (N-methyl/N-ethyl adjacent to an activating group) is 2. The van der Waals surface area contributed by atoms with Crippen LogP contribution in [-0.2, 0) is 39.2 Å². The number of sulfonamides is 1. The number of carbonyl (C=O) groups excluding carboxylic acids is 2. The van der Waals surface area contributed by atoms with Crippen LogP contribution >= 0.6 is 0 Å². The molecule has 2 atom stereocenters. The first kappa shape index (κ1) is 46.1. The molecule has 0 aliphatic carbocycles. The predicted molar refractivity (Wildman–Crippen MR) is 153 cm³/mol. The number of hydrogen-bond donors (Lipinski definition) is 1. The number of unbranched alkanes of at least 4 members (excludes halogenated alkanes) is 1. The molecule has 286 valence electrons. The third kappa shape index (κ3) is 11.9. The normalized spacial score (nSPS) is 15.7. The first-order valence-corrected chi connectivity index (χ1v) is 17.5. The van der Waals surface area contributed by atoms with E-state index in [0.717, 1.165) is 0 Å². The van der Waals surface area contributed by atoms with Gasteiger partial charge in [-0.15, -0.1) is 0 Å². The summed E-state index contributed by atoms with van der Waals surface area (Å²) in [5.74, 6) is -18.6. The second-order valence-electron chi connectivity index (χ2n) is 12.8. The minimum Gasteiger partial charge on any atom is -0.464 e. The summed E-state index contributed by atoms with van der Waals surface area (Å²) in [5, 5.41) is -6.92. The lowest BCUT2D eigenvalue weighted by atomic mass is 9.72. The lowest BCUT2D eigenvalue weighted by Gasteiger charge is -2.35. The summed E-state index contributed by atoms with van der Waals surface area (Å²) in [6, 6.07) is 0. The summed E-state index contributed by atoms with van der Waals surface area (Å²) in [6.07, 6.45) is -6.25. The van der Waals surface area contributed by atoms with Gasteiger partial charge in [0.15, 0.2) is 0 Å². The van der Waals surface area contributed by atoms with E-state index in [4.69, 9.17) is 14.0 Å². The van der Waals surface area contributed by atoms with Crippen LogP contribution in [0.1, 0.15) is 53.4 Å². The molecule has 0 radical (unpaired) electrons. The number of halogens is 9. The van der Waals surface area contributed by atoms with Gasteiger partial charge in [0.1, 0.15) is 19.8 Å². The van der Waals surface area contributed by atoms with E-state index in [-0.39, 0.29) is 38.7 Å². The maximum Gasteiger partial charge on any atom is 0.460 e. The molecule has 0 aromatic heterocycles. The van der Waals surface area contributed by atoms with Crippen molar-refractivity contribution >= 4 is 32.1 Å². The molecule has 1 N–H and O–H groups in total. The zero-order chi connectivity index (χ0) is 38.4. The van der Waals surface area contributed by atoms with Crippen molar-refractivity contribution < 1.29 is 84.4 Å². The van der Waals surface area contributed by atoms with E-state index in [1.165, 1.54) is 6.92 Å². The van der Waals surface area contributed by atoms with Crippen LogP contribution in [0.5, 0.6) is 0 Å². The SMILES string of the molecule is CCC(C(=O)OCC[N+](C)(C)CCCCS(=O)(=O)O)C(C)(C)CC(C)C(=O)OCCN(C)S(=O)(=O)C(F)(F)C(F)(F)C(F)(F)C(F)(F)F. The largest absolute Gasteiger partial charge is 0.464 e. The molecule has 2 unspecified atom stereocenters. The van der Waals surface area contributed by atoms with Crippen LogP contribution in [0.2, 0.25) is 0 Å². The van der Waals surface area contributed by atoms with Gasteiger partial charge in [-0.3, -0.25) is 14.1 Å². The smallest absolute Gasteiger partial charge is 0.460 e. The van der Waals surface area contributed by atoms with Crippen molar-refractivity contribution in [1.82, 2.24) is 4.31 Å². The lowest BCUT2D eigenvalue weighted by Crippen LogP contribution is -2.65. The Balaban J connectivity index is 5.22. The molecule has 0 amide bonds. The van der Waals surface area contributed by atoms with Crippen molar-refractivity contribution in [3.63, 3.8) is 0 Å². The number of carbonyl (C=O) groups is 2. The van der Waals surface area contributed by atoms with Crippen LogP contribution in [0.25, 0.3) is 0 Å². The molecule has 0 aromatic carbocycles. The summed E-state index contributed by atoms with van der Waals surface area (Å²) in [7, 11) is -7.07. The Hall–Kier alpha value is -1.91. The first-order valence-electron chi connectivity index (χ1n) is 14.5. The van der Waals surface area contributed by atoms with E-state index in [9.17, 15) is 65.9 Å². The molecule has 0 saturated carbocycles. The van der Waals surface area contributed by atoms with E-state index in [1.54, 1.807) is 20.8 Å². The highest BCUT2D eigenvalue weighted by Crippen LogP contribution is 2.55. The van der Waals surface area contributed by atoms with Crippen LogP contribution in [0.15, 0.2) is 0 Å². The Morgan fingerprint density at radius 2 is 1.33 bits per heavy atom. The third-order valence-electron chi connectivity index (χ3n) is 7.73. The fourth-order valence-corrected chi connectivity index (χ4v) is 6.47. The molecular weight excluding hydrogens is 719 g/mol. The summed E-state index contributed by atoms with van der Waals surface area (Å²) in [5.41, 5.74) is -0.915. The highest BCUT2D eigenvalue weighted by atomic mass is 32.2. The van der Waals surface area contributed by atoms with Crippen molar-refractivity contribution in [1.29, 1.82) is 0 Å². The zero-order valence-corrected chi connectivity index (χ0v) is 29.2. The van der Waals surface area contributed by atoms with E-state index >= 15 is 0 Å². The van der Waals surface area contributed by atoms with Gasteiger partial charge >= 0.3 is 35.2 Å². The van der Waals surface area contributed by atoms with Crippen molar-refractivity contribution in [2.24, 2.45) is 17.3 Å². The van der Waals surface area contributed by atoms with Gasteiger partial charge in [0.2, 0.25) is 0 Å². The minimum absolute atomic E-state index is 0.00353. The minimum atomic E-state index is -7.42. The summed E-state index contributed by atoms with van der Waals surface area (Å²) in [6.45, 7) is 4.83. The van der Waals surface area contributed by atoms with Crippen molar-refractivity contribution in [3.05, 3.63) is 0 Å². The topological polar surface area (TPSA) is 144 Å². The maximum atomic E-state index is 14.0. The van der Waals surface area contributed by atoms with Crippen LogP contribution in [0.3, 0.4) is 0 Å². The average Bonchev–Trinajstić information content (AvgIpc) is 2.89. The quantitative estimate of drug-likeness (QED) is 0.0584.